The van der Waals surface area contributed by atoms with Gasteiger partial charge in [0.05, 0.1) is 13.2 Å². The van der Waals surface area contributed by atoms with Crippen LogP contribution in [0.1, 0.15) is 17.7 Å². The Morgan fingerprint density at radius 3 is 2.78 bits per heavy atom. The van der Waals surface area contributed by atoms with Crippen LogP contribution in [-0.2, 0) is 20.3 Å². The van der Waals surface area contributed by atoms with Crippen molar-refractivity contribution in [2.45, 2.75) is 19.3 Å². The molecule has 0 saturated heterocycles. The Hall–Kier alpha value is -2.10. The van der Waals surface area contributed by atoms with Gasteiger partial charge in [0.15, 0.2) is 32.9 Å². The van der Waals surface area contributed by atoms with Crippen molar-refractivity contribution >= 4 is 28.1 Å². The zero-order valence-corrected chi connectivity index (χ0v) is 17.4. The summed E-state index contributed by atoms with van der Waals surface area (Å²) >= 11 is 8.88. The van der Waals surface area contributed by atoms with Crippen LogP contribution in [0, 0.1) is 4.77 Å². The SMILES string of the molecule is CN(Cc1ccc(Br)o1)Cn1nc(C2COc3ccccc3O2)n(C)c1=S. The molecular weight excluding hydrogens is 432 g/mol. The third-order valence-corrected chi connectivity index (χ3v) is 5.21. The topological polar surface area (TPSA) is 57.6 Å². The van der Waals surface area contributed by atoms with Gasteiger partial charge in [-0.05, 0) is 59.5 Å². The van der Waals surface area contributed by atoms with Gasteiger partial charge >= 0.3 is 0 Å². The van der Waals surface area contributed by atoms with Gasteiger partial charge in [-0.1, -0.05) is 12.1 Å². The van der Waals surface area contributed by atoms with Crippen molar-refractivity contribution < 1.29 is 13.9 Å². The van der Waals surface area contributed by atoms with E-state index in [0.29, 0.717) is 24.6 Å². The minimum absolute atomic E-state index is 0.306. The van der Waals surface area contributed by atoms with Crippen molar-refractivity contribution in [3.8, 4) is 11.5 Å². The highest BCUT2D eigenvalue weighted by Crippen LogP contribution is 2.35. The number of hydrogen-bond acceptors (Lipinski definition) is 6. The van der Waals surface area contributed by atoms with E-state index in [1.165, 1.54) is 0 Å². The maximum atomic E-state index is 6.07. The number of furan rings is 1. The van der Waals surface area contributed by atoms with Crippen LogP contribution in [0.2, 0.25) is 0 Å². The summed E-state index contributed by atoms with van der Waals surface area (Å²) in [5, 5.41) is 4.68. The monoisotopic (exact) mass is 450 g/mol. The van der Waals surface area contributed by atoms with Crippen LogP contribution in [0.3, 0.4) is 0 Å². The lowest BCUT2D eigenvalue weighted by Gasteiger charge is -2.25. The first kappa shape index (κ1) is 18.3. The quantitative estimate of drug-likeness (QED) is 0.549. The fraction of sp³-hybridized carbons (Fsp3) is 0.333. The molecule has 7 nitrogen and oxygen atoms in total. The lowest BCUT2D eigenvalue weighted by atomic mass is 10.2. The lowest BCUT2D eigenvalue weighted by molar-refractivity contribution is 0.0821. The molecular formula is C18H19BrN4O3S. The Bertz CT molecular complexity index is 1010. The summed E-state index contributed by atoms with van der Waals surface area (Å²) in [6.07, 6.45) is -0.306. The minimum atomic E-state index is -0.306. The number of rotatable bonds is 5. The Kier molecular flexibility index (Phi) is 5.07. The van der Waals surface area contributed by atoms with E-state index < -0.39 is 0 Å². The van der Waals surface area contributed by atoms with Crippen LogP contribution in [0.15, 0.2) is 45.5 Å². The fourth-order valence-electron chi connectivity index (χ4n) is 3.01. The molecule has 4 rings (SSSR count). The number of nitrogens with zero attached hydrogens (tertiary/aromatic N) is 4. The molecule has 0 N–H and O–H groups in total. The van der Waals surface area contributed by atoms with Crippen molar-refractivity contribution in [2.75, 3.05) is 13.7 Å². The number of fused-ring (bicyclic) bond motifs is 1. The van der Waals surface area contributed by atoms with Crippen LogP contribution in [0.25, 0.3) is 0 Å². The molecule has 0 aliphatic carbocycles. The molecule has 3 heterocycles. The van der Waals surface area contributed by atoms with Crippen molar-refractivity contribution in [1.82, 2.24) is 19.2 Å². The van der Waals surface area contributed by atoms with Gasteiger partial charge in [0.2, 0.25) is 0 Å². The smallest absolute Gasteiger partial charge is 0.198 e. The largest absolute Gasteiger partial charge is 0.485 e. The standard InChI is InChI=1S/C18H19BrN4O3S/c1-21(9-12-7-8-16(19)25-12)11-23-18(27)22(2)17(20-23)15-10-24-13-5-3-4-6-14(13)26-15/h3-8,15H,9-11H2,1-2H3. The third-order valence-electron chi connectivity index (χ3n) is 4.30. The van der Waals surface area contributed by atoms with Gasteiger partial charge in [0, 0.05) is 7.05 Å². The van der Waals surface area contributed by atoms with Crippen molar-refractivity contribution in [2.24, 2.45) is 7.05 Å². The minimum Gasteiger partial charge on any atom is -0.485 e. The first-order valence-electron chi connectivity index (χ1n) is 8.46. The number of hydrogen-bond donors (Lipinski definition) is 0. The zero-order valence-electron chi connectivity index (χ0n) is 15.0. The molecule has 1 unspecified atom stereocenters. The highest BCUT2D eigenvalue weighted by Gasteiger charge is 2.27. The Morgan fingerprint density at radius 1 is 1.26 bits per heavy atom. The summed E-state index contributed by atoms with van der Waals surface area (Å²) in [4.78, 5) is 2.07. The molecule has 2 aromatic heterocycles. The molecule has 142 valence electrons. The summed E-state index contributed by atoms with van der Waals surface area (Å²) in [6, 6.07) is 11.4. The lowest BCUT2D eigenvalue weighted by Crippen LogP contribution is -2.25. The summed E-state index contributed by atoms with van der Waals surface area (Å²) < 4.78 is 22.4. The van der Waals surface area contributed by atoms with Gasteiger partial charge in [-0.15, -0.1) is 0 Å². The van der Waals surface area contributed by atoms with E-state index in [-0.39, 0.29) is 6.10 Å². The van der Waals surface area contributed by atoms with E-state index >= 15 is 0 Å². The second-order valence-electron chi connectivity index (χ2n) is 6.42. The second-order valence-corrected chi connectivity index (χ2v) is 7.57. The van der Waals surface area contributed by atoms with E-state index in [0.717, 1.165) is 27.8 Å². The molecule has 27 heavy (non-hydrogen) atoms. The van der Waals surface area contributed by atoms with Gasteiger partial charge in [-0.2, -0.15) is 5.10 Å². The third kappa shape index (κ3) is 3.80. The molecule has 0 radical (unpaired) electrons. The van der Waals surface area contributed by atoms with Crippen LogP contribution in [0.5, 0.6) is 11.5 Å². The van der Waals surface area contributed by atoms with E-state index in [4.69, 9.17) is 26.1 Å². The van der Waals surface area contributed by atoms with Crippen LogP contribution >= 0.6 is 28.1 Å². The average molecular weight is 451 g/mol. The maximum Gasteiger partial charge on any atom is 0.198 e. The zero-order chi connectivity index (χ0) is 19.0. The Morgan fingerprint density at radius 2 is 2.04 bits per heavy atom. The van der Waals surface area contributed by atoms with Crippen LogP contribution in [0.4, 0.5) is 0 Å². The van der Waals surface area contributed by atoms with E-state index in [1.807, 2.05) is 55.1 Å². The Balaban J connectivity index is 1.50. The summed E-state index contributed by atoms with van der Waals surface area (Å²) in [7, 11) is 3.89. The molecule has 0 amide bonds. The molecule has 3 aromatic rings. The number of benzene rings is 1. The van der Waals surface area contributed by atoms with E-state index in [2.05, 4.69) is 25.9 Å². The van der Waals surface area contributed by atoms with Gasteiger partial charge < -0.3 is 18.5 Å². The van der Waals surface area contributed by atoms with Crippen molar-refractivity contribution in [3.63, 3.8) is 0 Å². The first-order valence-corrected chi connectivity index (χ1v) is 9.66. The van der Waals surface area contributed by atoms with Gasteiger partial charge in [-0.3, -0.25) is 4.90 Å². The fourth-order valence-corrected chi connectivity index (χ4v) is 3.54. The number of aromatic nitrogens is 3. The highest BCUT2D eigenvalue weighted by atomic mass is 79.9. The van der Waals surface area contributed by atoms with Crippen LogP contribution < -0.4 is 9.47 Å². The van der Waals surface area contributed by atoms with Gasteiger partial charge in [0.25, 0.3) is 0 Å². The van der Waals surface area contributed by atoms with Gasteiger partial charge in [-0.25, -0.2) is 4.68 Å². The molecule has 9 heteroatoms. The molecule has 1 atom stereocenters. The molecule has 0 fully saturated rings. The van der Waals surface area contributed by atoms with Gasteiger partial charge in [0.1, 0.15) is 12.4 Å². The van der Waals surface area contributed by atoms with E-state index in [1.54, 1.807) is 4.68 Å². The van der Waals surface area contributed by atoms with Crippen molar-refractivity contribution in [1.29, 1.82) is 0 Å². The molecule has 1 aliphatic rings. The summed E-state index contributed by atoms with van der Waals surface area (Å²) in [6.45, 7) is 1.58. The number of para-hydroxylation sites is 2. The van der Waals surface area contributed by atoms with Crippen LogP contribution in [-0.4, -0.2) is 32.9 Å². The second kappa shape index (κ2) is 7.49. The average Bonchev–Trinajstić information content (AvgIpc) is 3.19. The molecule has 0 bridgehead atoms. The first-order chi connectivity index (χ1) is 13.0. The molecule has 1 aliphatic heterocycles. The predicted octanol–water partition coefficient (Wildman–Crippen LogP) is 3.91. The number of halogens is 1. The summed E-state index contributed by atoms with van der Waals surface area (Å²) in [5.74, 6) is 3.07. The maximum absolute atomic E-state index is 6.07. The normalized spacial score (nSPS) is 16.1. The summed E-state index contributed by atoms with van der Waals surface area (Å²) in [5.41, 5.74) is 0. The molecule has 1 aromatic carbocycles. The highest BCUT2D eigenvalue weighted by molar-refractivity contribution is 9.10. The van der Waals surface area contributed by atoms with Crippen molar-refractivity contribution in [3.05, 3.63) is 57.4 Å². The molecule has 0 spiro atoms. The Labute approximate surface area is 170 Å². The predicted molar refractivity (Wildman–Crippen MR) is 105 cm³/mol. The van der Waals surface area contributed by atoms with E-state index in [9.17, 15) is 0 Å². The molecule has 0 saturated carbocycles. The number of ether oxygens (including phenoxy) is 2.